The number of carbonyl (C=O) groups is 2. The number of aromatic nitrogens is 2. The standard InChI is InChI=1S/C8H6N2O2.C8H6O4/c11-8(12)5-1-2-6-7(3-5)10-4-9-6;9-8(10)5-1-2-6-7(3-5)12-4-11-6/h1-4H,(H,9,10)(H,11,12);1-3H,4H2,(H,9,10). The van der Waals surface area contributed by atoms with Crippen molar-refractivity contribution in [2.45, 2.75) is 0 Å². The molecule has 0 radical (unpaired) electrons. The SMILES string of the molecule is O=C(O)c1ccc2c(c1)OCO2.O=C(O)c1ccc2nc[nH]c2c1. The van der Waals surface area contributed by atoms with Gasteiger partial charge in [-0.05, 0) is 36.4 Å². The monoisotopic (exact) mass is 328 g/mol. The van der Waals surface area contributed by atoms with Gasteiger partial charge in [-0.1, -0.05) is 0 Å². The van der Waals surface area contributed by atoms with Crippen molar-refractivity contribution in [1.29, 1.82) is 0 Å². The number of H-pyrrole nitrogens is 1. The van der Waals surface area contributed by atoms with E-state index < -0.39 is 11.9 Å². The van der Waals surface area contributed by atoms with Crippen LogP contribution in [-0.4, -0.2) is 38.9 Å². The summed E-state index contributed by atoms with van der Waals surface area (Å²) in [5, 5.41) is 17.3. The molecule has 1 aliphatic heterocycles. The molecule has 0 fully saturated rings. The van der Waals surface area contributed by atoms with Crippen molar-refractivity contribution < 1.29 is 29.3 Å². The minimum Gasteiger partial charge on any atom is -0.478 e. The summed E-state index contributed by atoms with van der Waals surface area (Å²) in [4.78, 5) is 27.8. The second-order valence-corrected chi connectivity index (χ2v) is 4.81. The molecule has 122 valence electrons. The quantitative estimate of drug-likeness (QED) is 0.660. The molecule has 0 atom stereocenters. The number of hydrogen-bond acceptors (Lipinski definition) is 5. The maximum atomic E-state index is 10.5. The lowest BCUT2D eigenvalue weighted by atomic mass is 10.2. The highest BCUT2D eigenvalue weighted by molar-refractivity contribution is 5.92. The van der Waals surface area contributed by atoms with Crippen LogP contribution in [0.3, 0.4) is 0 Å². The van der Waals surface area contributed by atoms with Crippen molar-refractivity contribution in [3.05, 3.63) is 53.9 Å². The van der Waals surface area contributed by atoms with Crippen molar-refractivity contribution in [1.82, 2.24) is 9.97 Å². The first-order valence-electron chi connectivity index (χ1n) is 6.84. The Morgan fingerprint density at radius 3 is 2.38 bits per heavy atom. The lowest BCUT2D eigenvalue weighted by Gasteiger charge is -1.96. The second kappa shape index (κ2) is 6.29. The smallest absolute Gasteiger partial charge is 0.335 e. The van der Waals surface area contributed by atoms with Crippen LogP contribution < -0.4 is 9.47 Å². The molecule has 0 bridgehead atoms. The van der Waals surface area contributed by atoms with E-state index in [4.69, 9.17) is 19.7 Å². The molecular weight excluding hydrogens is 316 g/mol. The minimum atomic E-state index is -0.965. The van der Waals surface area contributed by atoms with Crippen molar-refractivity contribution in [3.63, 3.8) is 0 Å². The molecule has 1 aliphatic rings. The Balaban J connectivity index is 0.000000141. The molecule has 0 aliphatic carbocycles. The molecule has 3 N–H and O–H groups in total. The molecule has 1 aromatic heterocycles. The number of aromatic amines is 1. The topological polar surface area (TPSA) is 122 Å². The summed E-state index contributed by atoms with van der Waals surface area (Å²) in [5.74, 6) is -0.797. The number of nitrogens with zero attached hydrogens (tertiary/aromatic N) is 1. The highest BCUT2D eigenvalue weighted by atomic mass is 16.7. The molecule has 24 heavy (non-hydrogen) atoms. The third-order valence-electron chi connectivity index (χ3n) is 3.29. The van der Waals surface area contributed by atoms with E-state index in [1.54, 1.807) is 18.2 Å². The molecule has 0 saturated carbocycles. The summed E-state index contributed by atoms with van der Waals surface area (Å²) in [7, 11) is 0. The van der Waals surface area contributed by atoms with E-state index in [2.05, 4.69) is 9.97 Å². The number of hydrogen-bond donors (Lipinski definition) is 3. The summed E-state index contributed by atoms with van der Waals surface area (Å²) in [6.07, 6.45) is 1.54. The van der Waals surface area contributed by atoms with Gasteiger partial charge in [0.25, 0.3) is 0 Å². The van der Waals surface area contributed by atoms with Crippen molar-refractivity contribution in [2.75, 3.05) is 6.79 Å². The fourth-order valence-electron chi connectivity index (χ4n) is 2.10. The molecule has 2 aromatic carbocycles. The Bertz CT molecular complexity index is 918. The first kappa shape index (κ1) is 15.3. The number of imidazole rings is 1. The summed E-state index contributed by atoms with van der Waals surface area (Å²) >= 11 is 0. The van der Waals surface area contributed by atoms with E-state index in [-0.39, 0.29) is 17.9 Å². The van der Waals surface area contributed by atoms with Crippen molar-refractivity contribution in [2.24, 2.45) is 0 Å². The van der Waals surface area contributed by atoms with E-state index >= 15 is 0 Å². The predicted molar refractivity (Wildman–Crippen MR) is 82.6 cm³/mol. The zero-order valence-electron chi connectivity index (χ0n) is 12.2. The molecule has 8 nitrogen and oxygen atoms in total. The summed E-state index contributed by atoms with van der Waals surface area (Å²) in [5.41, 5.74) is 2.00. The van der Waals surface area contributed by atoms with Crippen LogP contribution in [0.1, 0.15) is 20.7 Å². The summed E-state index contributed by atoms with van der Waals surface area (Å²) < 4.78 is 10.0. The molecule has 0 spiro atoms. The van der Waals surface area contributed by atoms with Crippen LogP contribution in [0.25, 0.3) is 11.0 Å². The maximum absolute atomic E-state index is 10.5. The van der Waals surface area contributed by atoms with Crippen LogP contribution in [0.4, 0.5) is 0 Å². The van der Waals surface area contributed by atoms with Crippen LogP contribution in [-0.2, 0) is 0 Å². The third kappa shape index (κ3) is 3.12. The van der Waals surface area contributed by atoms with E-state index in [0.29, 0.717) is 11.5 Å². The zero-order chi connectivity index (χ0) is 17.1. The van der Waals surface area contributed by atoms with Gasteiger partial charge in [-0.15, -0.1) is 0 Å². The highest BCUT2D eigenvalue weighted by Crippen LogP contribution is 2.32. The Morgan fingerprint density at radius 1 is 0.958 bits per heavy atom. The molecule has 0 unspecified atom stereocenters. The van der Waals surface area contributed by atoms with Crippen LogP contribution >= 0.6 is 0 Å². The Morgan fingerprint density at radius 2 is 1.62 bits per heavy atom. The van der Waals surface area contributed by atoms with Gasteiger partial charge in [-0.2, -0.15) is 0 Å². The van der Waals surface area contributed by atoms with E-state index in [9.17, 15) is 9.59 Å². The number of fused-ring (bicyclic) bond motifs is 2. The van der Waals surface area contributed by atoms with Gasteiger partial charge in [0.1, 0.15) is 0 Å². The van der Waals surface area contributed by atoms with Gasteiger partial charge in [0, 0.05) is 0 Å². The van der Waals surface area contributed by atoms with Gasteiger partial charge in [0.2, 0.25) is 6.79 Å². The number of rotatable bonds is 2. The van der Waals surface area contributed by atoms with E-state index in [1.165, 1.54) is 24.5 Å². The molecule has 0 amide bonds. The number of nitrogens with one attached hydrogen (secondary N) is 1. The van der Waals surface area contributed by atoms with Crippen molar-refractivity contribution in [3.8, 4) is 11.5 Å². The summed E-state index contributed by atoms with van der Waals surface area (Å²) in [6, 6.07) is 9.29. The fraction of sp³-hybridized carbons (Fsp3) is 0.0625. The molecular formula is C16H12N2O6. The number of ether oxygens (including phenoxy) is 2. The largest absolute Gasteiger partial charge is 0.478 e. The minimum absolute atomic E-state index is 0.165. The highest BCUT2D eigenvalue weighted by Gasteiger charge is 2.15. The number of carboxylic acids is 2. The predicted octanol–water partition coefficient (Wildman–Crippen LogP) is 2.37. The van der Waals surface area contributed by atoms with Crippen LogP contribution in [0.15, 0.2) is 42.7 Å². The first-order valence-corrected chi connectivity index (χ1v) is 6.84. The van der Waals surface area contributed by atoms with Gasteiger partial charge in [0.15, 0.2) is 11.5 Å². The van der Waals surface area contributed by atoms with Crippen LogP contribution in [0.5, 0.6) is 11.5 Å². The van der Waals surface area contributed by atoms with Crippen LogP contribution in [0.2, 0.25) is 0 Å². The first-order chi connectivity index (χ1) is 11.5. The van der Waals surface area contributed by atoms with Crippen LogP contribution in [0, 0.1) is 0 Å². The number of aromatic carboxylic acids is 2. The van der Waals surface area contributed by atoms with Gasteiger partial charge in [-0.25, -0.2) is 14.6 Å². The lowest BCUT2D eigenvalue weighted by Crippen LogP contribution is -1.95. The molecule has 0 saturated heterocycles. The van der Waals surface area contributed by atoms with Crippen molar-refractivity contribution >= 4 is 23.0 Å². The van der Waals surface area contributed by atoms with Gasteiger partial charge in [0.05, 0.1) is 28.5 Å². The Kier molecular flexibility index (Phi) is 4.02. The molecule has 4 rings (SSSR count). The number of carboxylic acid groups (broad SMARTS) is 2. The number of benzene rings is 2. The zero-order valence-corrected chi connectivity index (χ0v) is 12.2. The van der Waals surface area contributed by atoms with E-state index in [0.717, 1.165) is 11.0 Å². The average Bonchev–Trinajstić information content (AvgIpc) is 3.22. The summed E-state index contributed by atoms with van der Waals surface area (Å²) in [6.45, 7) is 0.165. The molecule has 2 heterocycles. The van der Waals surface area contributed by atoms with Gasteiger partial charge >= 0.3 is 11.9 Å². The Hall–Kier alpha value is -3.55. The van der Waals surface area contributed by atoms with Gasteiger partial charge < -0.3 is 24.7 Å². The normalized spacial score (nSPS) is 11.7. The second-order valence-electron chi connectivity index (χ2n) is 4.81. The fourth-order valence-corrected chi connectivity index (χ4v) is 2.10. The molecule has 3 aromatic rings. The Labute approximate surface area is 135 Å². The van der Waals surface area contributed by atoms with Gasteiger partial charge in [-0.3, -0.25) is 0 Å². The maximum Gasteiger partial charge on any atom is 0.335 e. The lowest BCUT2D eigenvalue weighted by molar-refractivity contribution is 0.0686. The average molecular weight is 328 g/mol. The molecule has 8 heteroatoms. The van der Waals surface area contributed by atoms with E-state index in [1.807, 2.05) is 0 Å². The third-order valence-corrected chi connectivity index (χ3v) is 3.29.